The molecule has 0 radical (unpaired) electrons. The van der Waals surface area contributed by atoms with Crippen molar-refractivity contribution in [3.63, 3.8) is 0 Å². The van der Waals surface area contributed by atoms with Gasteiger partial charge in [0.05, 0.1) is 0 Å². The quantitative estimate of drug-likeness (QED) is 0.771. The lowest BCUT2D eigenvalue weighted by molar-refractivity contribution is -0.221. The van der Waals surface area contributed by atoms with Gasteiger partial charge in [0.2, 0.25) is 5.91 Å². The highest BCUT2D eigenvalue weighted by atomic mass is 79.9. The second-order valence-corrected chi connectivity index (χ2v) is 5.52. The Balaban J connectivity index is 3.16. The summed E-state index contributed by atoms with van der Waals surface area (Å²) < 4.78 is 12.7. The number of hydrogen-bond donors (Lipinski definition) is 1. The van der Waals surface area contributed by atoms with Gasteiger partial charge < -0.3 is 15.2 Å². The first-order valence-corrected chi connectivity index (χ1v) is 6.88. The van der Waals surface area contributed by atoms with Gasteiger partial charge in [0, 0.05) is 41.6 Å². The van der Waals surface area contributed by atoms with Crippen LogP contribution in [0.1, 0.15) is 18.4 Å². The molecule has 0 aliphatic heterocycles. The zero-order chi connectivity index (χ0) is 13.8. The van der Waals surface area contributed by atoms with Crippen LogP contribution in [0.2, 0.25) is 0 Å². The van der Waals surface area contributed by atoms with Crippen molar-refractivity contribution in [3.05, 3.63) is 32.7 Å². The van der Waals surface area contributed by atoms with Crippen LogP contribution < -0.4 is 5.73 Å². The number of ether oxygens (including phenoxy) is 2. The summed E-state index contributed by atoms with van der Waals surface area (Å²) in [5.74, 6) is -1.38. The van der Waals surface area contributed by atoms with Crippen molar-refractivity contribution < 1.29 is 14.3 Å². The fourth-order valence-electron chi connectivity index (χ4n) is 1.72. The summed E-state index contributed by atoms with van der Waals surface area (Å²) in [6.45, 7) is 0. The number of benzene rings is 1. The molecule has 0 fully saturated rings. The Bertz CT molecular complexity index is 433. The average molecular weight is 381 g/mol. The normalized spacial score (nSPS) is 11.6. The zero-order valence-corrected chi connectivity index (χ0v) is 13.4. The number of amides is 1. The molecule has 0 aliphatic rings. The molecule has 1 aromatic rings. The predicted molar refractivity (Wildman–Crippen MR) is 76.0 cm³/mol. The monoisotopic (exact) mass is 379 g/mol. The van der Waals surface area contributed by atoms with Gasteiger partial charge in [0.1, 0.15) is 0 Å². The van der Waals surface area contributed by atoms with Gasteiger partial charge in [0.15, 0.2) is 5.79 Å². The van der Waals surface area contributed by atoms with E-state index in [9.17, 15) is 4.79 Å². The molecule has 0 spiro atoms. The molecule has 1 amide bonds. The van der Waals surface area contributed by atoms with Gasteiger partial charge in [0.25, 0.3) is 0 Å². The number of nitrogens with two attached hydrogens (primary N) is 1. The first kappa shape index (κ1) is 15.6. The van der Waals surface area contributed by atoms with E-state index in [1.807, 2.05) is 18.2 Å². The van der Waals surface area contributed by atoms with Gasteiger partial charge >= 0.3 is 0 Å². The Labute approximate surface area is 123 Å². The van der Waals surface area contributed by atoms with E-state index in [1.165, 1.54) is 14.2 Å². The summed E-state index contributed by atoms with van der Waals surface area (Å²) in [6.07, 6.45) is 0.533. The fraction of sp³-hybridized carbons (Fsp3) is 0.417. The number of rotatable bonds is 6. The average Bonchev–Trinajstić information content (AvgIpc) is 2.35. The molecule has 1 aromatic carbocycles. The van der Waals surface area contributed by atoms with E-state index in [-0.39, 0.29) is 12.3 Å². The van der Waals surface area contributed by atoms with Crippen molar-refractivity contribution in [3.8, 4) is 0 Å². The van der Waals surface area contributed by atoms with Gasteiger partial charge in [-0.05, 0) is 18.2 Å². The highest BCUT2D eigenvalue weighted by Gasteiger charge is 2.34. The molecular weight excluding hydrogens is 366 g/mol. The third-order valence-corrected chi connectivity index (χ3v) is 3.88. The topological polar surface area (TPSA) is 61.5 Å². The lowest BCUT2D eigenvalue weighted by Crippen LogP contribution is -2.33. The molecule has 6 heteroatoms. The van der Waals surface area contributed by atoms with Crippen LogP contribution in [0.3, 0.4) is 0 Å². The molecule has 2 N–H and O–H groups in total. The van der Waals surface area contributed by atoms with E-state index < -0.39 is 5.79 Å². The lowest BCUT2D eigenvalue weighted by atomic mass is 10.00. The number of hydrogen-bond acceptors (Lipinski definition) is 3. The van der Waals surface area contributed by atoms with Crippen LogP contribution in [0.25, 0.3) is 0 Å². The maximum absolute atomic E-state index is 11.0. The van der Waals surface area contributed by atoms with Crippen LogP contribution in [-0.4, -0.2) is 20.1 Å². The van der Waals surface area contributed by atoms with E-state index in [1.54, 1.807) is 0 Å². The highest BCUT2D eigenvalue weighted by molar-refractivity contribution is 9.11. The molecule has 0 saturated carbocycles. The van der Waals surface area contributed by atoms with Crippen molar-refractivity contribution in [1.82, 2.24) is 0 Å². The summed E-state index contributed by atoms with van der Waals surface area (Å²) in [4.78, 5) is 11.0. The van der Waals surface area contributed by atoms with E-state index in [4.69, 9.17) is 15.2 Å². The van der Waals surface area contributed by atoms with Crippen LogP contribution >= 0.6 is 31.9 Å². The molecule has 0 aromatic heterocycles. The molecule has 1 rings (SSSR count). The minimum Gasteiger partial charge on any atom is -0.370 e. The molecule has 0 saturated heterocycles. The van der Waals surface area contributed by atoms with Gasteiger partial charge in [-0.15, -0.1) is 0 Å². The Kier molecular flexibility index (Phi) is 5.78. The van der Waals surface area contributed by atoms with Crippen molar-refractivity contribution >= 4 is 37.8 Å². The Hall–Kier alpha value is -0.430. The van der Waals surface area contributed by atoms with Gasteiger partial charge in [-0.3, -0.25) is 4.79 Å². The number of methoxy groups -OCH3 is 2. The van der Waals surface area contributed by atoms with Crippen LogP contribution in [0.5, 0.6) is 0 Å². The smallest absolute Gasteiger partial charge is 0.217 e. The van der Waals surface area contributed by atoms with Crippen LogP contribution in [0, 0.1) is 0 Å². The van der Waals surface area contributed by atoms with Gasteiger partial charge in [-0.1, -0.05) is 31.9 Å². The summed E-state index contributed by atoms with van der Waals surface area (Å²) >= 11 is 6.86. The minimum absolute atomic E-state index is 0.181. The molecule has 0 unspecified atom stereocenters. The largest absolute Gasteiger partial charge is 0.370 e. The Morgan fingerprint density at radius 1 is 1.33 bits per heavy atom. The number of halogens is 2. The maximum atomic E-state index is 11.0. The Morgan fingerprint density at radius 2 is 1.94 bits per heavy atom. The van der Waals surface area contributed by atoms with E-state index in [2.05, 4.69) is 31.9 Å². The first-order valence-electron chi connectivity index (χ1n) is 5.29. The highest BCUT2D eigenvalue weighted by Crippen LogP contribution is 2.37. The van der Waals surface area contributed by atoms with Crippen molar-refractivity contribution in [2.45, 2.75) is 18.6 Å². The summed E-state index contributed by atoms with van der Waals surface area (Å²) in [5.41, 5.74) is 5.99. The second kappa shape index (κ2) is 6.65. The predicted octanol–water partition coefficient (Wildman–Crippen LogP) is 2.92. The third kappa shape index (κ3) is 3.54. The summed E-state index contributed by atoms with van der Waals surface area (Å²) in [7, 11) is 3.08. The van der Waals surface area contributed by atoms with E-state index in [0.717, 1.165) is 14.5 Å². The second-order valence-electron chi connectivity index (χ2n) is 3.75. The summed E-state index contributed by atoms with van der Waals surface area (Å²) in [5, 5.41) is 0. The molecular formula is C12H15Br2NO3. The molecule has 4 nitrogen and oxygen atoms in total. The molecule has 0 bridgehead atoms. The zero-order valence-electron chi connectivity index (χ0n) is 10.2. The van der Waals surface area contributed by atoms with Crippen molar-refractivity contribution in [2.75, 3.05) is 14.2 Å². The SMILES string of the molecule is COC(CCC(N)=O)(OC)c1cc(Br)ccc1Br. The minimum atomic E-state index is -0.988. The first-order chi connectivity index (χ1) is 8.45. The Morgan fingerprint density at radius 3 is 2.44 bits per heavy atom. The third-order valence-electron chi connectivity index (χ3n) is 2.70. The van der Waals surface area contributed by atoms with E-state index in [0.29, 0.717) is 6.42 Å². The van der Waals surface area contributed by atoms with Crippen LogP contribution in [0.15, 0.2) is 27.1 Å². The number of carbonyl (C=O) groups is 1. The molecule has 18 heavy (non-hydrogen) atoms. The standard InChI is InChI=1S/C12H15Br2NO3/c1-17-12(18-2,6-5-11(15)16)9-7-8(13)3-4-10(9)14/h3-4,7H,5-6H2,1-2H3,(H2,15,16). The van der Waals surface area contributed by atoms with Gasteiger partial charge in [-0.2, -0.15) is 0 Å². The van der Waals surface area contributed by atoms with Crippen molar-refractivity contribution in [1.29, 1.82) is 0 Å². The molecule has 100 valence electrons. The van der Waals surface area contributed by atoms with Crippen LogP contribution in [-0.2, 0) is 20.1 Å². The molecule has 0 heterocycles. The lowest BCUT2D eigenvalue weighted by Gasteiger charge is -2.32. The maximum Gasteiger partial charge on any atom is 0.217 e. The van der Waals surface area contributed by atoms with E-state index >= 15 is 0 Å². The van der Waals surface area contributed by atoms with Crippen molar-refractivity contribution in [2.24, 2.45) is 5.73 Å². The van der Waals surface area contributed by atoms with Crippen LogP contribution in [0.4, 0.5) is 0 Å². The molecule has 0 aliphatic carbocycles. The number of primary amides is 1. The van der Waals surface area contributed by atoms with Gasteiger partial charge in [-0.25, -0.2) is 0 Å². The summed E-state index contributed by atoms with van der Waals surface area (Å²) in [6, 6.07) is 5.67. The fourth-order valence-corrected chi connectivity index (χ4v) is 2.63. The molecule has 0 atom stereocenters. The number of carbonyl (C=O) groups excluding carboxylic acids is 1.